The van der Waals surface area contributed by atoms with Crippen LogP contribution < -0.4 is 11.1 Å². The van der Waals surface area contributed by atoms with Crippen LogP contribution in [0.5, 0.6) is 0 Å². The van der Waals surface area contributed by atoms with Gasteiger partial charge in [-0.3, -0.25) is 4.79 Å². The van der Waals surface area contributed by atoms with E-state index in [2.05, 4.69) is 10.5 Å². The molecule has 0 aliphatic rings. The van der Waals surface area contributed by atoms with Gasteiger partial charge in [-0.2, -0.15) is 0 Å². The topological polar surface area (TPSA) is 107 Å². The molecule has 8 heteroatoms. The zero-order valence-electron chi connectivity index (χ0n) is 12.4. The number of ether oxygens (including phenoxy) is 1. The number of hydrogen-bond acceptors (Lipinski definition) is 5. The summed E-state index contributed by atoms with van der Waals surface area (Å²) < 4.78 is 10.0. The summed E-state index contributed by atoms with van der Waals surface area (Å²) in [7, 11) is 0. The van der Waals surface area contributed by atoms with Crippen LogP contribution in [-0.2, 0) is 16.1 Å². The molecule has 0 fully saturated rings. The molecular weight excluding hydrogens is 322 g/mol. The van der Waals surface area contributed by atoms with Gasteiger partial charge in [-0.05, 0) is 24.6 Å². The van der Waals surface area contributed by atoms with Crippen molar-refractivity contribution in [2.24, 2.45) is 5.73 Å². The maximum atomic E-state index is 12.0. The van der Waals surface area contributed by atoms with Crippen molar-refractivity contribution < 1.29 is 18.8 Å². The number of primary amides is 1. The molecule has 23 heavy (non-hydrogen) atoms. The molecule has 1 aromatic carbocycles. The van der Waals surface area contributed by atoms with Crippen LogP contribution >= 0.6 is 11.6 Å². The van der Waals surface area contributed by atoms with Crippen molar-refractivity contribution in [2.45, 2.75) is 26.0 Å². The lowest BCUT2D eigenvalue weighted by Crippen LogP contribution is -2.34. The Morgan fingerprint density at radius 3 is 2.65 bits per heavy atom. The first kappa shape index (κ1) is 16.8. The zero-order valence-corrected chi connectivity index (χ0v) is 13.2. The third kappa shape index (κ3) is 5.30. The van der Waals surface area contributed by atoms with E-state index in [-0.39, 0.29) is 13.0 Å². The van der Waals surface area contributed by atoms with Crippen LogP contribution in [0.4, 0.5) is 4.79 Å². The molecule has 3 N–H and O–H groups in total. The first-order valence-corrected chi connectivity index (χ1v) is 7.21. The second kappa shape index (κ2) is 7.64. The highest BCUT2D eigenvalue weighted by atomic mass is 35.5. The van der Waals surface area contributed by atoms with Gasteiger partial charge in [0.05, 0.1) is 12.5 Å². The number of urea groups is 1. The van der Waals surface area contributed by atoms with E-state index in [9.17, 15) is 9.59 Å². The number of nitrogens with zero attached hydrogens (tertiary/aromatic N) is 1. The fourth-order valence-electron chi connectivity index (χ4n) is 1.99. The molecule has 2 aromatic rings. The van der Waals surface area contributed by atoms with Gasteiger partial charge in [0, 0.05) is 11.1 Å². The van der Waals surface area contributed by atoms with Crippen LogP contribution in [0.1, 0.15) is 29.5 Å². The second-order valence-electron chi connectivity index (χ2n) is 4.91. The highest BCUT2D eigenvalue weighted by Crippen LogP contribution is 2.20. The quantitative estimate of drug-likeness (QED) is 0.787. The van der Waals surface area contributed by atoms with Gasteiger partial charge in [0.2, 0.25) is 0 Å². The van der Waals surface area contributed by atoms with E-state index < -0.39 is 18.0 Å². The van der Waals surface area contributed by atoms with Crippen molar-refractivity contribution in [3.05, 3.63) is 52.4 Å². The minimum Gasteiger partial charge on any atom is -0.459 e. The van der Waals surface area contributed by atoms with E-state index in [1.807, 2.05) is 0 Å². The van der Waals surface area contributed by atoms with Crippen LogP contribution in [0.15, 0.2) is 34.9 Å². The standard InChI is InChI=1S/C15H16ClN3O4/c1-9-6-12(19-23-9)8-22-14(20)7-13(18-15(17)21)10-2-4-11(16)5-3-10/h2-6,13H,7-8H2,1H3,(H3,17,18,21)/t13-/m1/s1. The first-order valence-electron chi connectivity index (χ1n) is 6.83. The van der Waals surface area contributed by atoms with Gasteiger partial charge in [-0.25, -0.2) is 4.79 Å². The van der Waals surface area contributed by atoms with Gasteiger partial charge in [0.1, 0.15) is 18.1 Å². The number of benzene rings is 1. The van der Waals surface area contributed by atoms with E-state index in [1.165, 1.54) is 0 Å². The van der Waals surface area contributed by atoms with Crippen molar-refractivity contribution in [2.75, 3.05) is 0 Å². The van der Waals surface area contributed by atoms with Crippen molar-refractivity contribution in [1.29, 1.82) is 0 Å². The van der Waals surface area contributed by atoms with Gasteiger partial charge in [-0.1, -0.05) is 28.9 Å². The predicted molar refractivity (Wildman–Crippen MR) is 82.6 cm³/mol. The van der Waals surface area contributed by atoms with E-state index in [4.69, 9.17) is 26.6 Å². The number of carbonyl (C=O) groups excluding carboxylic acids is 2. The van der Waals surface area contributed by atoms with Gasteiger partial charge in [-0.15, -0.1) is 0 Å². The Morgan fingerprint density at radius 1 is 1.39 bits per heavy atom. The molecule has 0 saturated carbocycles. The fraction of sp³-hybridized carbons (Fsp3) is 0.267. The number of nitrogens with one attached hydrogen (secondary N) is 1. The fourth-order valence-corrected chi connectivity index (χ4v) is 2.11. The Labute approximate surface area is 137 Å². The Morgan fingerprint density at radius 2 is 2.09 bits per heavy atom. The Bertz CT molecular complexity index is 684. The third-order valence-corrected chi connectivity index (χ3v) is 3.27. The monoisotopic (exact) mass is 337 g/mol. The molecule has 7 nitrogen and oxygen atoms in total. The average molecular weight is 338 g/mol. The summed E-state index contributed by atoms with van der Waals surface area (Å²) in [6, 6.07) is 7.08. The van der Waals surface area contributed by atoms with Crippen LogP contribution in [0.3, 0.4) is 0 Å². The van der Waals surface area contributed by atoms with E-state index in [1.54, 1.807) is 37.3 Å². The maximum absolute atomic E-state index is 12.0. The van der Waals surface area contributed by atoms with Gasteiger partial charge < -0.3 is 20.3 Å². The number of nitrogens with two attached hydrogens (primary N) is 1. The molecule has 1 heterocycles. The third-order valence-electron chi connectivity index (χ3n) is 3.02. The molecule has 0 aliphatic carbocycles. The lowest BCUT2D eigenvalue weighted by molar-refractivity contribution is -0.145. The van der Waals surface area contributed by atoms with Gasteiger partial charge in [0.25, 0.3) is 0 Å². The molecule has 0 aliphatic heterocycles. The van der Waals surface area contributed by atoms with Gasteiger partial charge >= 0.3 is 12.0 Å². The molecule has 0 saturated heterocycles. The van der Waals surface area contributed by atoms with E-state index >= 15 is 0 Å². The molecule has 0 unspecified atom stereocenters. The number of halogens is 1. The maximum Gasteiger partial charge on any atom is 0.312 e. The van der Waals surface area contributed by atoms with E-state index in [0.717, 1.165) is 0 Å². The predicted octanol–water partition coefficient (Wildman–Crippen LogP) is 2.48. The minimum atomic E-state index is -0.732. The number of carbonyl (C=O) groups is 2. The molecule has 2 rings (SSSR count). The smallest absolute Gasteiger partial charge is 0.312 e. The highest BCUT2D eigenvalue weighted by molar-refractivity contribution is 6.30. The number of hydrogen-bond donors (Lipinski definition) is 2. The summed E-state index contributed by atoms with van der Waals surface area (Å²) in [5.74, 6) is 0.129. The summed E-state index contributed by atoms with van der Waals surface area (Å²) in [5, 5.41) is 6.79. The molecule has 1 atom stereocenters. The summed E-state index contributed by atoms with van der Waals surface area (Å²) in [4.78, 5) is 23.1. The van der Waals surface area contributed by atoms with Crippen LogP contribution in [0, 0.1) is 6.92 Å². The highest BCUT2D eigenvalue weighted by Gasteiger charge is 2.19. The van der Waals surface area contributed by atoms with Crippen LogP contribution in [0.25, 0.3) is 0 Å². The van der Waals surface area contributed by atoms with Crippen molar-refractivity contribution >= 4 is 23.6 Å². The van der Waals surface area contributed by atoms with Crippen molar-refractivity contribution in [3.8, 4) is 0 Å². The van der Waals surface area contributed by atoms with Crippen LogP contribution in [0.2, 0.25) is 5.02 Å². The lowest BCUT2D eigenvalue weighted by atomic mass is 10.0. The molecule has 122 valence electrons. The largest absolute Gasteiger partial charge is 0.459 e. The summed E-state index contributed by atoms with van der Waals surface area (Å²) in [6.07, 6.45) is -0.0680. The summed E-state index contributed by atoms with van der Waals surface area (Å²) >= 11 is 5.83. The summed E-state index contributed by atoms with van der Waals surface area (Å²) in [5.41, 5.74) is 6.37. The zero-order chi connectivity index (χ0) is 16.8. The van der Waals surface area contributed by atoms with Crippen molar-refractivity contribution in [1.82, 2.24) is 10.5 Å². The van der Waals surface area contributed by atoms with Crippen molar-refractivity contribution in [3.63, 3.8) is 0 Å². The Hall–Kier alpha value is -2.54. The molecule has 0 spiro atoms. The second-order valence-corrected chi connectivity index (χ2v) is 5.34. The SMILES string of the molecule is Cc1cc(COC(=O)C[C@@H](NC(N)=O)c2ccc(Cl)cc2)no1. The molecular formula is C15H16ClN3O4. The number of esters is 1. The molecule has 0 bridgehead atoms. The lowest BCUT2D eigenvalue weighted by Gasteiger charge is -2.17. The molecule has 1 aromatic heterocycles. The Kier molecular flexibility index (Phi) is 5.59. The molecule has 0 radical (unpaired) electrons. The minimum absolute atomic E-state index is 0.0000819. The summed E-state index contributed by atoms with van der Waals surface area (Å²) in [6.45, 7) is 1.74. The van der Waals surface area contributed by atoms with Crippen LogP contribution in [-0.4, -0.2) is 17.2 Å². The van der Waals surface area contributed by atoms with Gasteiger partial charge in [0.15, 0.2) is 0 Å². The number of aryl methyl sites for hydroxylation is 1. The molecule has 2 amide bonds. The average Bonchev–Trinajstić information content (AvgIpc) is 2.90. The first-order chi connectivity index (χ1) is 10.9. The number of aromatic nitrogens is 1. The Balaban J connectivity index is 1.97. The van der Waals surface area contributed by atoms with E-state index in [0.29, 0.717) is 22.0 Å². The number of rotatable bonds is 6. The normalized spacial score (nSPS) is 11.7. The number of amides is 2.